The number of hydrogen-bond donors (Lipinski definition) is 2. The Morgan fingerprint density at radius 3 is 2.18 bits per heavy atom. The number of sulfonamides is 1. The number of nitrogens with zero attached hydrogens (tertiary/aromatic N) is 1. The third-order valence-corrected chi connectivity index (χ3v) is 8.63. The minimum absolute atomic E-state index is 0.0320. The van der Waals surface area contributed by atoms with Gasteiger partial charge in [0.1, 0.15) is 0 Å². The maximum atomic E-state index is 13.6. The highest BCUT2D eigenvalue weighted by Crippen LogP contribution is 2.31. The average Bonchev–Trinajstić information content (AvgIpc) is 3.43. The number of ether oxygens (including phenoxy) is 1. The lowest BCUT2D eigenvalue weighted by atomic mass is 9.93. The lowest BCUT2D eigenvalue weighted by molar-refractivity contribution is 0.0959. The first-order valence-corrected chi connectivity index (χ1v) is 15.2. The van der Waals surface area contributed by atoms with Gasteiger partial charge in [-0.1, -0.05) is 91.7 Å². The summed E-state index contributed by atoms with van der Waals surface area (Å²) in [6, 6.07) is 25.3. The van der Waals surface area contributed by atoms with Crippen LogP contribution in [-0.4, -0.2) is 45.1 Å². The van der Waals surface area contributed by atoms with Crippen LogP contribution < -0.4 is 10.0 Å². The molecule has 208 valence electrons. The summed E-state index contributed by atoms with van der Waals surface area (Å²) < 4.78 is 35.7. The molecule has 1 fully saturated rings. The summed E-state index contributed by atoms with van der Waals surface area (Å²) in [4.78, 5) is 14.8. The summed E-state index contributed by atoms with van der Waals surface area (Å²) in [5.41, 5.74) is 2.79. The van der Waals surface area contributed by atoms with Crippen molar-refractivity contribution in [2.75, 3.05) is 19.7 Å². The van der Waals surface area contributed by atoms with Crippen LogP contribution in [-0.2, 0) is 14.8 Å². The van der Waals surface area contributed by atoms with E-state index in [1.807, 2.05) is 67.6 Å². The fourth-order valence-corrected chi connectivity index (χ4v) is 6.21. The number of unbranched alkanes of at least 4 members (excludes halogenated alkanes) is 1. The van der Waals surface area contributed by atoms with Gasteiger partial charge < -0.3 is 15.0 Å². The Balaban J connectivity index is 1.61. The molecule has 8 heteroatoms. The van der Waals surface area contributed by atoms with Crippen LogP contribution in [0.1, 0.15) is 61.4 Å². The molecule has 0 aromatic heterocycles. The maximum absolute atomic E-state index is 13.6. The van der Waals surface area contributed by atoms with E-state index < -0.39 is 16.1 Å². The van der Waals surface area contributed by atoms with E-state index >= 15 is 0 Å². The molecule has 39 heavy (non-hydrogen) atoms. The summed E-state index contributed by atoms with van der Waals surface area (Å²) in [7, 11) is -3.83. The summed E-state index contributed by atoms with van der Waals surface area (Å²) in [6.45, 7) is 5.59. The number of carbonyl (C=O) groups excluding carboxylic acids is 1. The van der Waals surface area contributed by atoms with Crippen molar-refractivity contribution in [3.8, 4) is 0 Å². The number of amides is 1. The van der Waals surface area contributed by atoms with E-state index in [2.05, 4.69) is 17.0 Å². The smallest absolute Gasteiger partial charge is 0.410 e. The van der Waals surface area contributed by atoms with Crippen molar-refractivity contribution in [2.45, 2.75) is 62.6 Å². The predicted octanol–water partition coefficient (Wildman–Crippen LogP) is 5.75. The van der Waals surface area contributed by atoms with E-state index in [1.54, 1.807) is 29.2 Å². The molecule has 0 bridgehead atoms. The van der Waals surface area contributed by atoms with Gasteiger partial charge in [-0.15, -0.1) is 0 Å². The largest absolute Gasteiger partial charge is 0.449 e. The normalized spacial score (nSPS) is 17.1. The molecule has 0 spiro atoms. The Kier molecular flexibility index (Phi) is 10.1. The molecule has 0 radical (unpaired) electrons. The highest BCUT2D eigenvalue weighted by molar-refractivity contribution is 7.89. The van der Waals surface area contributed by atoms with Gasteiger partial charge in [-0.25, -0.2) is 17.9 Å². The van der Waals surface area contributed by atoms with Crippen molar-refractivity contribution in [3.05, 3.63) is 102 Å². The topological polar surface area (TPSA) is 87.7 Å². The molecule has 4 rings (SSSR count). The van der Waals surface area contributed by atoms with Gasteiger partial charge in [-0.3, -0.25) is 0 Å². The second-order valence-corrected chi connectivity index (χ2v) is 11.8. The van der Waals surface area contributed by atoms with Crippen LogP contribution >= 0.6 is 0 Å². The molecule has 1 heterocycles. The second kappa shape index (κ2) is 13.7. The van der Waals surface area contributed by atoms with Gasteiger partial charge in [0.25, 0.3) is 0 Å². The van der Waals surface area contributed by atoms with Crippen molar-refractivity contribution < 1.29 is 17.9 Å². The molecular weight excluding hydrogens is 510 g/mol. The zero-order chi connectivity index (χ0) is 27.7. The van der Waals surface area contributed by atoms with Crippen molar-refractivity contribution in [1.82, 2.24) is 14.9 Å². The third kappa shape index (κ3) is 7.68. The zero-order valence-electron chi connectivity index (χ0n) is 22.8. The quantitative estimate of drug-likeness (QED) is 0.281. The number of nitrogens with one attached hydrogen (secondary N) is 2. The van der Waals surface area contributed by atoms with Gasteiger partial charge in [-0.2, -0.15) is 0 Å². The number of likely N-dealkylation sites (tertiary alicyclic amines) is 1. The SMILES string of the molecule is CCCCOC(=O)N1CCC[C@H]1CN[C@@H](c1ccccc1)[C@@H](NS(=O)(=O)c1ccc(C)cc1)c1ccccc1. The molecule has 3 atom stereocenters. The van der Waals surface area contributed by atoms with Crippen molar-refractivity contribution in [3.63, 3.8) is 0 Å². The van der Waals surface area contributed by atoms with Crippen LogP contribution in [0.5, 0.6) is 0 Å². The van der Waals surface area contributed by atoms with Crippen LogP contribution in [0, 0.1) is 6.92 Å². The van der Waals surface area contributed by atoms with Crippen LogP contribution in [0.15, 0.2) is 89.8 Å². The molecule has 2 N–H and O–H groups in total. The van der Waals surface area contributed by atoms with Crippen molar-refractivity contribution in [2.24, 2.45) is 0 Å². The van der Waals surface area contributed by atoms with E-state index in [-0.39, 0.29) is 23.1 Å². The first kappa shape index (κ1) is 28.8. The van der Waals surface area contributed by atoms with Gasteiger partial charge in [0.2, 0.25) is 10.0 Å². The molecule has 0 unspecified atom stereocenters. The first-order chi connectivity index (χ1) is 18.9. The number of hydrogen-bond acceptors (Lipinski definition) is 5. The molecule has 3 aromatic rings. The fourth-order valence-electron chi connectivity index (χ4n) is 4.97. The highest BCUT2D eigenvalue weighted by atomic mass is 32.2. The van der Waals surface area contributed by atoms with Crippen LogP contribution in [0.2, 0.25) is 0 Å². The van der Waals surface area contributed by atoms with E-state index in [0.29, 0.717) is 19.7 Å². The van der Waals surface area contributed by atoms with Crippen LogP contribution in [0.4, 0.5) is 4.79 Å². The first-order valence-electron chi connectivity index (χ1n) is 13.7. The molecule has 3 aromatic carbocycles. The Hall–Kier alpha value is -3.20. The number of aryl methyl sites for hydroxylation is 1. The average molecular weight is 550 g/mol. The van der Waals surface area contributed by atoms with Crippen molar-refractivity contribution in [1.29, 1.82) is 0 Å². The van der Waals surface area contributed by atoms with E-state index in [1.165, 1.54) is 0 Å². The van der Waals surface area contributed by atoms with Gasteiger partial charge >= 0.3 is 6.09 Å². The van der Waals surface area contributed by atoms with Gasteiger partial charge in [0.15, 0.2) is 0 Å². The molecule has 1 aliphatic heterocycles. The van der Waals surface area contributed by atoms with Crippen molar-refractivity contribution >= 4 is 16.1 Å². The Morgan fingerprint density at radius 2 is 1.56 bits per heavy atom. The second-order valence-electron chi connectivity index (χ2n) is 10.1. The third-order valence-electron chi connectivity index (χ3n) is 7.17. The lowest BCUT2D eigenvalue weighted by Crippen LogP contribution is -2.45. The zero-order valence-corrected chi connectivity index (χ0v) is 23.6. The Labute approximate surface area is 232 Å². The molecule has 0 aliphatic carbocycles. The summed E-state index contributed by atoms with van der Waals surface area (Å²) >= 11 is 0. The molecule has 1 aliphatic rings. The number of carbonyl (C=O) groups is 1. The lowest BCUT2D eigenvalue weighted by Gasteiger charge is -2.32. The number of benzene rings is 3. The van der Waals surface area contributed by atoms with Gasteiger partial charge in [0.05, 0.1) is 23.6 Å². The molecule has 1 saturated heterocycles. The Bertz CT molecular complexity index is 1280. The van der Waals surface area contributed by atoms with E-state index in [4.69, 9.17) is 4.74 Å². The van der Waals surface area contributed by atoms with Crippen LogP contribution in [0.3, 0.4) is 0 Å². The van der Waals surface area contributed by atoms with Gasteiger partial charge in [0, 0.05) is 19.1 Å². The predicted molar refractivity (Wildman–Crippen MR) is 154 cm³/mol. The molecule has 1 amide bonds. The molecular formula is C31H39N3O4S. The summed E-state index contributed by atoms with van der Waals surface area (Å²) in [5.74, 6) is 0. The standard InChI is InChI=1S/C31H39N3O4S/c1-3-4-22-38-31(35)34-21-11-16-27(34)23-32-29(25-12-7-5-8-13-25)30(26-14-9-6-10-15-26)33-39(36,37)28-19-17-24(2)18-20-28/h5-10,12-15,17-20,27,29-30,32-33H,3-4,11,16,21-23H2,1-2H3/t27-,29-,30-/m0/s1. The fraction of sp³-hybridized carbons (Fsp3) is 0.387. The minimum Gasteiger partial charge on any atom is -0.449 e. The van der Waals surface area contributed by atoms with E-state index in [9.17, 15) is 13.2 Å². The van der Waals surface area contributed by atoms with E-state index in [0.717, 1.165) is 42.4 Å². The highest BCUT2D eigenvalue weighted by Gasteiger charge is 2.33. The Morgan fingerprint density at radius 1 is 0.949 bits per heavy atom. The summed E-state index contributed by atoms with van der Waals surface area (Å²) in [6.07, 6.45) is 3.31. The maximum Gasteiger partial charge on any atom is 0.410 e. The molecule has 7 nitrogen and oxygen atoms in total. The monoisotopic (exact) mass is 549 g/mol. The molecule has 0 saturated carbocycles. The number of rotatable bonds is 12. The van der Waals surface area contributed by atoms with Gasteiger partial charge in [-0.05, 0) is 49.4 Å². The minimum atomic E-state index is -3.83. The van der Waals surface area contributed by atoms with Crippen LogP contribution in [0.25, 0.3) is 0 Å². The summed E-state index contributed by atoms with van der Waals surface area (Å²) in [5, 5.41) is 3.64.